The molecule has 0 aliphatic carbocycles. The predicted octanol–water partition coefficient (Wildman–Crippen LogP) is 5.33. The van der Waals surface area contributed by atoms with Crippen LogP contribution in [0.3, 0.4) is 0 Å². The molecule has 25 heavy (non-hydrogen) atoms. The number of hydrogen-bond donors (Lipinski definition) is 0. The molecular weight excluding hydrogens is 326 g/mol. The first kappa shape index (κ1) is 15.9. The minimum atomic E-state index is 0.798. The van der Waals surface area contributed by atoms with Gasteiger partial charge in [-0.25, -0.2) is 9.97 Å². The summed E-state index contributed by atoms with van der Waals surface area (Å²) in [5, 5.41) is 1.89. The lowest BCUT2D eigenvalue weighted by Gasteiger charge is -2.08. The van der Waals surface area contributed by atoms with Gasteiger partial charge in [0, 0.05) is 18.0 Å². The minimum Gasteiger partial charge on any atom is -0.328 e. The normalized spacial score (nSPS) is 11.2. The van der Waals surface area contributed by atoms with E-state index >= 15 is 0 Å². The molecule has 4 aromatic rings. The molecule has 0 aliphatic rings. The smallest absolute Gasteiger partial charge is 0.189 e. The van der Waals surface area contributed by atoms with E-state index in [9.17, 15) is 0 Å². The highest BCUT2D eigenvalue weighted by atomic mass is 32.2. The van der Waals surface area contributed by atoms with Crippen LogP contribution in [0.5, 0.6) is 0 Å². The molecule has 0 aliphatic heterocycles. The quantitative estimate of drug-likeness (QED) is 0.371. The summed E-state index contributed by atoms with van der Waals surface area (Å²) in [5.41, 5.74) is 6.69. The van der Waals surface area contributed by atoms with Crippen molar-refractivity contribution in [3.05, 3.63) is 66.2 Å². The number of rotatable bonds is 3. The van der Waals surface area contributed by atoms with Gasteiger partial charge in [0.15, 0.2) is 5.16 Å². The van der Waals surface area contributed by atoms with Crippen molar-refractivity contribution in [1.82, 2.24) is 14.5 Å². The number of nitrogens with zero attached hydrogens (tertiary/aromatic N) is 3. The van der Waals surface area contributed by atoms with Crippen molar-refractivity contribution < 1.29 is 0 Å². The average Bonchev–Trinajstić information content (AvgIpc) is 2.99. The molecule has 124 valence electrons. The second-order valence-electron chi connectivity index (χ2n) is 6.07. The van der Waals surface area contributed by atoms with Gasteiger partial charge in [-0.05, 0) is 30.4 Å². The van der Waals surface area contributed by atoms with Crippen LogP contribution in [0, 0.1) is 6.92 Å². The van der Waals surface area contributed by atoms with Gasteiger partial charge in [-0.1, -0.05) is 66.4 Å². The number of hydrogen-bond acceptors (Lipinski definition) is 3. The number of thioether (sulfide) groups is 1. The molecule has 0 unspecified atom stereocenters. The first-order valence-corrected chi connectivity index (χ1v) is 9.44. The molecule has 2 aromatic heterocycles. The second-order valence-corrected chi connectivity index (χ2v) is 6.84. The maximum Gasteiger partial charge on any atom is 0.189 e. The van der Waals surface area contributed by atoms with Crippen LogP contribution in [-0.4, -0.2) is 20.8 Å². The summed E-state index contributed by atoms with van der Waals surface area (Å²) in [7, 11) is 2.07. The Bertz CT molecular complexity index is 1050. The van der Waals surface area contributed by atoms with Crippen LogP contribution >= 0.6 is 11.8 Å². The Morgan fingerprint density at radius 2 is 1.64 bits per heavy atom. The van der Waals surface area contributed by atoms with E-state index in [0.29, 0.717) is 0 Å². The van der Waals surface area contributed by atoms with Gasteiger partial charge >= 0.3 is 0 Å². The summed E-state index contributed by atoms with van der Waals surface area (Å²) < 4.78 is 2.16. The van der Waals surface area contributed by atoms with E-state index in [4.69, 9.17) is 9.97 Å². The fourth-order valence-corrected chi connectivity index (χ4v) is 3.56. The summed E-state index contributed by atoms with van der Waals surface area (Å²) in [6.07, 6.45) is 2.02. The number of aromatic nitrogens is 3. The standard InChI is InChI=1S/C21H19N3S/c1-14-9-7-8-12-16(14)19-17-13-18(15-10-5-4-6-11-15)24(2)20(17)23-21(22-19)25-3/h4-13H,1-3H3. The zero-order valence-electron chi connectivity index (χ0n) is 14.5. The molecule has 2 aromatic carbocycles. The average molecular weight is 345 g/mol. The van der Waals surface area contributed by atoms with Crippen LogP contribution in [-0.2, 0) is 7.05 Å². The van der Waals surface area contributed by atoms with Gasteiger partial charge < -0.3 is 4.57 Å². The highest BCUT2D eigenvalue weighted by Gasteiger charge is 2.17. The van der Waals surface area contributed by atoms with Crippen LogP contribution < -0.4 is 0 Å². The number of benzene rings is 2. The Hall–Kier alpha value is -2.59. The molecule has 0 atom stereocenters. The van der Waals surface area contributed by atoms with Crippen molar-refractivity contribution >= 4 is 22.8 Å². The lowest BCUT2D eigenvalue weighted by Crippen LogP contribution is -1.97. The van der Waals surface area contributed by atoms with Crippen LogP contribution in [0.4, 0.5) is 0 Å². The van der Waals surface area contributed by atoms with E-state index in [1.807, 2.05) is 12.3 Å². The fourth-order valence-electron chi connectivity index (χ4n) is 3.19. The van der Waals surface area contributed by atoms with Crippen molar-refractivity contribution in [2.24, 2.45) is 7.05 Å². The molecule has 0 amide bonds. The fraction of sp³-hybridized carbons (Fsp3) is 0.143. The maximum atomic E-state index is 4.84. The molecule has 4 heteroatoms. The monoisotopic (exact) mass is 345 g/mol. The van der Waals surface area contributed by atoms with Crippen LogP contribution in [0.1, 0.15) is 5.56 Å². The summed E-state index contributed by atoms with van der Waals surface area (Å²) in [4.78, 5) is 9.61. The van der Waals surface area contributed by atoms with Gasteiger partial charge in [-0.15, -0.1) is 0 Å². The van der Waals surface area contributed by atoms with Crippen LogP contribution in [0.2, 0.25) is 0 Å². The highest BCUT2D eigenvalue weighted by molar-refractivity contribution is 7.98. The molecule has 3 nitrogen and oxygen atoms in total. The van der Waals surface area contributed by atoms with Gasteiger partial charge in [-0.2, -0.15) is 0 Å². The van der Waals surface area contributed by atoms with Crippen molar-refractivity contribution in [3.63, 3.8) is 0 Å². The Balaban J connectivity index is 2.05. The zero-order valence-corrected chi connectivity index (χ0v) is 15.3. The molecule has 0 saturated heterocycles. The van der Waals surface area contributed by atoms with E-state index in [0.717, 1.165) is 33.1 Å². The minimum absolute atomic E-state index is 0.798. The van der Waals surface area contributed by atoms with Gasteiger partial charge in [0.2, 0.25) is 0 Å². The molecule has 4 rings (SSSR count). The lowest BCUT2D eigenvalue weighted by molar-refractivity contribution is 0.916. The van der Waals surface area contributed by atoms with E-state index in [-0.39, 0.29) is 0 Å². The zero-order chi connectivity index (χ0) is 17.4. The molecule has 0 bridgehead atoms. The van der Waals surface area contributed by atoms with Crippen molar-refractivity contribution in [2.75, 3.05) is 6.26 Å². The Morgan fingerprint density at radius 1 is 0.920 bits per heavy atom. The summed E-state index contributed by atoms with van der Waals surface area (Å²) in [6.45, 7) is 2.13. The molecular formula is C21H19N3S. The van der Waals surface area contributed by atoms with E-state index in [2.05, 4.69) is 73.1 Å². The van der Waals surface area contributed by atoms with Gasteiger partial charge in [0.25, 0.3) is 0 Å². The van der Waals surface area contributed by atoms with E-state index in [1.165, 1.54) is 11.1 Å². The Kier molecular flexibility index (Phi) is 4.06. The van der Waals surface area contributed by atoms with Gasteiger partial charge in [0.1, 0.15) is 5.65 Å². The van der Waals surface area contributed by atoms with Crippen LogP contribution in [0.15, 0.2) is 65.8 Å². The largest absolute Gasteiger partial charge is 0.328 e. The van der Waals surface area contributed by atoms with Crippen molar-refractivity contribution in [3.8, 4) is 22.5 Å². The molecule has 0 spiro atoms. The van der Waals surface area contributed by atoms with Crippen LogP contribution in [0.25, 0.3) is 33.5 Å². The highest BCUT2D eigenvalue weighted by Crippen LogP contribution is 2.34. The first-order valence-electron chi connectivity index (χ1n) is 8.22. The summed E-state index contributed by atoms with van der Waals surface area (Å²) >= 11 is 1.58. The molecule has 0 N–H and O–H groups in total. The topological polar surface area (TPSA) is 30.7 Å². The number of fused-ring (bicyclic) bond motifs is 1. The Morgan fingerprint density at radius 3 is 2.36 bits per heavy atom. The third kappa shape index (κ3) is 2.72. The summed E-state index contributed by atoms with van der Waals surface area (Å²) in [6, 6.07) is 21.0. The predicted molar refractivity (Wildman–Crippen MR) is 106 cm³/mol. The molecule has 0 saturated carbocycles. The molecule has 2 heterocycles. The summed E-state index contributed by atoms with van der Waals surface area (Å²) in [5.74, 6) is 0. The van der Waals surface area contributed by atoms with Gasteiger partial charge in [0.05, 0.1) is 11.4 Å². The first-order chi connectivity index (χ1) is 12.2. The third-order valence-corrected chi connectivity index (χ3v) is 5.07. The maximum absolute atomic E-state index is 4.84. The van der Waals surface area contributed by atoms with E-state index in [1.54, 1.807) is 11.8 Å². The molecule has 0 radical (unpaired) electrons. The van der Waals surface area contributed by atoms with Crippen molar-refractivity contribution in [1.29, 1.82) is 0 Å². The third-order valence-electron chi connectivity index (χ3n) is 4.52. The Labute approximate surface area is 151 Å². The molecule has 0 fully saturated rings. The lowest BCUT2D eigenvalue weighted by atomic mass is 10.0. The number of aryl methyl sites for hydroxylation is 2. The SMILES string of the molecule is CSc1nc(-c2ccccc2C)c2cc(-c3ccccc3)n(C)c2n1. The van der Waals surface area contributed by atoms with Crippen molar-refractivity contribution in [2.45, 2.75) is 12.1 Å². The van der Waals surface area contributed by atoms with Gasteiger partial charge in [-0.3, -0.25) is 0 Å². The second kappa shape index (κ2) is 6.37. The van der Waals surface area contributed by atoms with E-state index < -0.39 is 0 Å².